The first-order valence-electron chi connectivity index (χ1n) is 6.82. The highest BCUT2D eigenvalue weighted by molar-refractivity contribution is 5.73. The van der Waals surface area contributed by atoms with Gasteiger partial charge < -0.3 is 19.3 Å². The number of fused-ring (bicyclic) bond motifs is 1. The molecule has 0 fully saturated rings. The molecule has 0 amide bonds. The summed E-state index contributed by atoms with van der Waals surface area (Å²) in [6.07, 6.45) is 1.52. The predicted octanol–water partition coefficient (Wildman–Crippen LogP) is 2.43. The van der Waals surface area contributed by atoms with Gasteiger partial charge in [-0.25, -0.2) is 0 Å². The van der Waals surface area contributed by atoms with E-state index in [2.05, 4.69) is 0 Å². The number of esters is 1. The third-order valence-electron chi connectivity index (χ3n) is 3.49. The van der Waals surface area contributed by atoms with Crippen molar-refractivity contribution in [3.8, 4) is 11.5 Å². The smallest absolute Gasteiger partial charge is 0.311 e. The van der Waals surface area contributed by atoms with Crippen LogP contribution in [0.4, 0.5) is 0 Å². The zero-order valence-corrected chi connectivity index (χ0v) is 11.8. The fourth-order valence-corrected chi connectivity index (χ4v) is 2.31. The summed E-state index contributed by atoms with van der Waals surface area (Å²) in [6, 6.07) is 5.21. The lowest BCUT2D eigenvalue weighted by Crippen LogP contribution is -2.23. The van der Waals surface area contributed by atoms with Gasteiger partial charge in [0.25, 0.3) is 0 Å². The lowest BCUT2D eigenvalue weighted by Gasteiger charge is -2.21. The van der Waals surface area contributed by atoms with Crippen LogP contribution >= 0.6 is 0 Å². The third kappa shape index (κ3) is 3.04. The van der Waals surface area contributed by atoms with Gasteiger partial charge in [0.05, 0.1) is 19.1 Å². The second kappa shape index (κ2) is 6.61. The van der Waals surface area contributed by atoms with Crippen molar-refractivity contribution >= 4 is 5.97 Å². The molecule has 1 aromatic rings. The van der Waals surface area contributed by atoms with E-state index in [1.165, 1.54) is 7.11 Å². The Morgan fingerprint density at radius 2 is 2.15 bits per heavy atom. The number of ether oxygens (including phenoxy) is 3. The van der Waals surface area contributed by atoms with Crippen LogP contribution in [0.1, 0.15) is 37.9 Å². The molecule has 0 aromatic heterocycles. The number of carbonyl (C=O) groups is 1. The molecule has 5 nitrogen and oxygen atoms in total. The molecule has 1 aliphatic rings. The molecular weight excluding hydrogens is 260 g/mol. The molecule has 1 aromatic carbocycles. The van der Waals surface area contributed by atoms with Gasteiger partial charge in [-0.1, -0.05) is 25.8 Å². The quantitative estimate of drug-likeness (QED) is 0.811. The summed E-state index contributed by atoms with van der Waals surface area (Å²) in [5, 5.41) is 10.4. The Balaban J connectivity index is 2.17. The van der Waals surface area contributed by atoms with Gasteiger partial charge in [-0.3, -0.25) is 4.79 Å². The van der Waals surface area contributed by atoms with Crippen LogP contribution in [0, 0.1) is 5.92 Å². The third-order valence-corrected chi connectivity index (χ3v) is 3.49. The Hall–Kier alpha value is -1.75. The van der Waals surface area contributed by atoms with Gasteiger partial charge in [-0.2, -0.15) is 0 Å². The number of hydrogen-bond donors (Lipinski definition) is 1. The molecule has 2 rings (SSSR count). The van der Waals surface area contributed by atoms with E-state index in [4.69, 9.17) is 14.2 Å². The summed E-state index contributed by atoms with van der Waals surface area (Å²) in [5.74, 6) is 0.314. The summed E-state index contributed by atoms with van der Waals surface area (Å²) >= 11 is 0. The number of methoxy groups -OCH3 is 1. The van der Waals surface area contributed by atoms with Crippen molar-refractivity contribution in [1.29, 1.82) is 0 Å². The van der Waals surface area contributed by atoms with E-state index in [0.29, 0.717) is 23.5 Å². The van der Waals surface area contributed by atoms with Crippen LogP contribution < -0.4 is 9.47 Å². The predicted molar refractivity (Wildman–Crippen MR) is 72.6 cm³/mol. The maximum Gasteiger partial charge on any atom is 0.311 e. The Bertz CT molecular complexity index is 471. The van der Waals surface area contributed by atoms with Gasteiger partial charge in [0.1, 0.15) is 0 Å². The Kier molecular flexibility index (Phi) is 4.84. The standard InChI is InChI=1S/C15H20O5/c1-3-4-5-11(15(17)18-2)14(16)10-6-7-12-13(8-10)20-9-19-12/h6-8,11,14,16H,3-5,9H2,1-2H3. The number of hydrogen-bond acceptors (Lipinski definition) is 5. The van der Waals surface area contributed by atoms with E-state index in [9.17, 15) is 9.90 Å². The van der Waals surface area contributed by atoms with Gasteiger partial charge in [0.15, 0.2) is 11.5 Å². The lowest BCUT2D eigenvalue weighted by atomic mass is 9.91. The molecule has 0 saturated carbocycles. The lowest BCUT2D eigenvalue weighted by molar-refractivity contribution is -0.150. The fourth-order valence-electron chi connectivity index (χ4n) is 2.31. The van der Waals surface area contributed by atoms with Gasteiger partial charge in [-0.05, 0) is 24.1 Å². The molecule has 1 N–H and O–H groups in total. The summed E-state index contributed by atoms with van der Waals surface area (Å²) < 4.78 is 15.3. The molecule has 2 atom stereocenters. The fraction of sp³-hybridized carbons (Fsp3) is 0.533. The maximum atomic E-state index is 11.8. The number of carbonyl (C=O) groups excluding carboxylic acids is 1. The summed E-state index contributed by atoms with van der Waals surface area (Å²) in [6.45, 7) is 2.23. The summed E-state index contributed by atoms with van der Waals surface area (Å²) in [7, 11) is 1.34. The minimum atomic E-state index is -0.900. The van der Waals surface area contributed by atoms with Crippen LogP contribution in [0.3, 0.4) is 0 Å². The number of unbranched alkanes of at least 4 members (excludes halogenated alkanes) is 1. The molecule has 20 heavy (non-hydrogen) atoms. The number of rotatable bonds is 6. The van der Waals surface area contributed by atoms with Crippen LogP contribution in [0.15, 0.2) is 18.2 Å². The number of benzene rings is 1. The van der Waals surface area contributed by atoms with E-state index in [1.807, 2.05) is 6.92 Å². The van der Waals surface area contributed by atoms with E-state index >= 15 is 0 Å². The maximum absolute atomic E-state index is 11.8. The SMILES string of the molecule is CCCCC(C(=O)OC)C(O)c1ccc2c(c1)OCO2. The average molecular weight is 280 g/mol. The molecule has 0 radical (unpaired) electrons. The second-order valence-corrected chi connectivity index (χ2v) is 4.83. The zero-order chi connectivity index (χ0) is 14.5. The molecule has 0 bridgehead atoms. The molecule has 1 heterocycles. The van der Waals surface area contributed by atoms with Crippen LogP contribution in [0.5, 0.6) is 11.5 Å². The molecule has 5 heteroatoms. The van der Waals surface area contributed by atoms with E-state index in [-0.39, 0.29) is 12.8 Å². The minimum absolute atomic E-state index is 0.186. The van der Waals surface area contributed by atoms with Crippen molar-refractivity contribution in [2.75, 3.05) is 13.9 Å². The van der Waals surface area contributed by atoms with Crippen molar-refractivity contribution < 1.29 is 24.1 Å². The molecule has 0 spiro atoms. The van der Waals surface area contributed by atoms with Crippen molar-refractivity contribution in [3.05, 3.63) is 23.8 Å². The first-order chi connectivity index (χ1) is 9.67. The normalized spacial score (nSPS) is 15.8. The second-order valence-electron chi connectivity index (χ2n) is 4.83. The monoisotopic (exact) mass is 280 g/mol. The topological polar surface area (TPSA) is 65.0 Å². The molecule has 0 aliphatic carbocycles. The molecular formula is C15H20O5. The molecule has 0 saturated heterocycles. The zero-order valence-electron chi connectivity index (χ0n) is 11.8. The molecule has 1 aliphatic heterocycles. The van der Waals surface area contributed by atoms with Crippen LogP contribution in [-0.4, -0.2) is 25.0 Å². The van der Waals surface area contributed by atoms with Crippen molar-refractivity contribution in [2.45, 2.75) is 32.3 Å². The molecule has 2 unspecified atom stereocenters. The van der Waals surface area contributed by atoms with Crippen molar-refractivity contribution in [3.63, 3.8) is 0 Å². The van der Waals surface area contributed by atoms with Gasteiger partial charge in [0, 0.05) is 0 Å². The largest absolute Gasteiger partial charge is 0.469 e. The number of aliphatic hydroxyl groups excluding tert-OH is 1. The number of aliphatic hydroxyl groups is 1. The summed E-state index contributed by atoms with van der Waals surface area (Å²) in [5.41, 5.74) is 0.640. The van der Waals surface area contributed by atoms with Crippen LogP contribution in [0.2, 0.25) is 0 Å². The summed E-state index contributed by atoms with van der Waals surface area (Å²) in [4.78, 5) is 11.8. The Morgan fingerprint density at radius 3 is 2.85 bits per heavy atom. The Morgan fingerprint density at radius 1 is 1.40 bits per heavy atom. The van der Waals surface area contributed by atoms with Gasteiger partial charge in [-0.15, -0.1) is 0 Å². The van der Waals surface area contributed by atoms with Gasteiger partial charge in [0.2, 0.25) is 6.79 Å². The van der Waals surface area contributed by atoms with Crippen LogP contribution in [0.25, 0.3) is 0 Å². The Labute approximate surface area is 118 Å². The minimum Gasteiger partial charge on any atom is -0.469 e. The molecule has 110 valence electrons. The van der Waals surface area contributed by atoms with E-state index in [0.717, 1.165) is 12.8 Å². The highest BCUT2D eigenvalue weighted by atomic mass is 16.7. The highest BCUT2D eigenvalue weighted by Crippen LogP contribution is 2.36. The average Bonchev–Trinajstić information content (AvgIpc) is 2.94. The first-order valence-corrected chi connectivity index (χ1v) is 6.82. The van der Waals surface area contributed by atoms with Gasteiger partial charge >= 0.3 is 5.97 Å². The van der Waals surface area contributed by atoms with E-state index in [1.54, 1.807) is 18.2 Å². The van der Waals surface area contributed by atoms with Crippen molar-refractivity contribution in [1.82, 2.24) is 0 Å². The first kappa shape index (κ1) is 14.7. The van der Waals surface area contributed by atoms with Crippen LogP contribution in [-0.2, 0) is 9.53 Å². The highest BCUT2D eigenvalue weighted by Gasteiger charge is 2.29. The van der Waals surface area contributed by atoms with Crippen molar-refractivity contribution in [2.24, 2.45) is 5.92 Å². The van der Waals surface area contributed by atoms with E-state index < -0.39 is 12.0 Å².